The van der Waals surface area contributed by atoms with Crippen molar-refractivity contribution in [1.29, 1.82) is 0 Å². The lowest BCUT2D eigenvalue weighted by molar-refractivity contribution is -0.132. The minimum Gasteiger partial charge on any atom is -0.383 e. The summed E-state index contributed by atoms with van der Waals surface area (Å²) >= 11 is 0. The summed E-state index contributed by atoms with van der Waals surface area (Å²) in [5.74, 6) is 1.11. The molecule has 3 rings (SSSR count). The molecule has 0 aliphatic carbocycles. The summed E-state index contributed by atoms with van der Waals surface area (Å²) < 4.78 is 15.2. The lowest BCUT2D eigenvalue weighted by Gasteiger charge is -2.25. The summed E-state index contributed by atoms with van der Waals surface area (Å²) in [5.41, 5.74) is 0. The molecule has 3 heterocycles. The number of amides is 1. The monoisotopic (exact) mass is 410 g/mol. The third kappa shape index (κ3) is 13.2. The number of morpholine rings is 2. The van der Waals surface area contributed by atoms with Crippen LogP contribution in [0.25, 0.3) is 0 Å². The van der Waals surface area contributed by atoms with E-state index in [-0.39, 0.29) is 5.91 Å². The highest BCUT2D eigenvalue weighted by atomic mass is 16.5. The predicted molar refractivity (Wildman–Crippen MR) is 115 cm³/mol. The van der Waals surface area contributed by atoms with Gasteiger partial charge in [0.05, 0.1) is 33.0 Å². The topological polar surface area (TPSA) is 76.2 Å². The summed E-state index contributed by atoms with van der Waals surface area (Å²) in [6.07, 6.45) is 2.93. The summed E-state index contributed by atoms with van der Waals surface area (Å²) in [4.78, 5) is 18.9. The molecule has 0 spiro atoms. The van der Waals surface area contributed by atoms with Crippen molar-refractivity contribution < 1.29 is 19.0 Å². The molecule has 29 heavy (non-hydrogen) atoms. The lowest BCUT2D eigenvalue weighted by atomic mass is 10.4. The van der Waals surface area contributed by atoms with Crippen molar-refractivity contribution in [2.24, 2.45) is 0 Å². The molecule has 166 valence electrons. The number of anilines is 1. The number of hydrogen-bond donors (Lipinski definition) is 1. The largest absolute Gasteiger partial charge is 0.383 e. The van der Waals surface area contributed by atoms with Crippen molar-refractivity contribution in [1.82, 2.24) is 14.8 Å². The normalized spacial score (nSPS) is 16.7. The molecule has 2 aliphatic rings. The van der Waals surface area contributed by atoms with Crippen molar-refractivity contribution >= 4 is 11.7 Å². The van der Waals surface area contributed by atoms with Gasteiger partial charge in [0, 0.05) is 59.5 Å². The highest BCUT2D eigenvalue weighted by Gasteiger charge is 2.11. The van der Waals surface area contributed by atoms with Crippen molar-refractivity contribution in [2.75, 3.05) is 84.7 Å². The number of carbonyl (C=O) groups is 1. The van der Waals surface area contributed by atoms with Crippen LogP contribution in [0.4, 0.5) is 5.82 Å². The van der Waals surface area contributed by atoms with Crippen molar-refractivity contribution in [2.45, 2.75) is 20.3 Å². The number of aromatic nitrogens is 1. The van der Waals surface area contributed by atoms with Gasteiger partial charge in [0.2, 0.25) is 5.91 Å². The van der Waals surface area contributed by atoms with E-state index in [0.29, 0.717) is 13.2 Å². The van der Waals surface area contributed by atoms with Crippen LogP contribution in [0.3, 0.4) is 0 Å². The van der Waals surface area contributed by atoms with Crippen LogP contribution < -0.4 is 5.32 Å². The third-order valence-corrected chi connectivity index (χ3v) is 4.39. The summed E-state index contributed by atoms with van der Waals surface area (Å²) in [6, 6.07) is 5.86. The van der Waals surface area contributed by atoms with E-state index in [2.05, 4.69) is 22.1 Å². The Hall–Kier alpha value is -1.74. The van der Waals surface area contributed by atoms with E-state index >= 15 is 0 Å². The van der Waals surface area contributed by atoms with Crippen LogP contribution in [0, 0.1) is 0 Å². The zero-order valence-corrected chi connectivity index (χ0v) is 18.3. The molecule has 0 atom stereocenters. The van der Waals surface area contributed by atoms with Gasteiger partial charge >= 0.3 is 0 Å². The van der Waals surface area contributed by atoms with Crippen LogP contribution in [0.15, 0.2) is 24.4 Å². The minimum absolute atomic E-state index is 0.151. The Kier molecular flexibility index (Phi) is 15.0. The van der Waals surface area contributed by atoms with Crippen LogP contribution in [0.5, 0.6) is 0 Å². The molecule has 0 aromatic carbocycles. The summed E-state index contributed by atoms with van der Waals surface area (Å²) in [5, 5.41) is 3.18. The molecule has 1 N–H and O–H groups in total. The average Bonchev–Trinajstić information content (AvgIpc) is 2.79. The second-order valence-corrected chi connectivity index (χ2v) is 6.71. The first-order chi connectivity index (χ1) is 14.2. The Morgan fingerprint density at radius 1 is 1.14 bits per heavy atom. The first kappa shape index (κ1) is 25.3. The van der Waals surface area contributed by atoms with Crippen LogP contribution in [-0.4, -0.2) is 100 Å². The maximum atomic E-state index is 10.7. The molecule has 0 saturated carbocycles. The van der Waals surface area contributed by atoms with E-state index in [1.54, 1.807) is 25.1 Å². The van der Waals surface area contributed by atoms with Gasteiger partial charge in [-0.15, -0.1) is 0 Å². The molecule has 1 aromatic rings. The van der Waals surface area contributed by atoms with E-state index < -0.39 is 0 Å². The van der Waals surface area contributed by atoms with E-state index in [9.17, 15) is 4.79 Å². The Labute approximate surface area is 175 Å². The van der Waals surface area contributed by atoms with Gasteiger partial charge in [0.1, 0.15) is 5.82 Å². The molecule has 2 aliphatic heterocycles. The number of rotatable bonds is 6. The van der Waals surface area contributed by atoms with Gasteiger partial charge in [-0.05, 0) is 18.6 Å². The zero-order chi connectivity index (χ0) is 21.2. The van der Waals surface area contributed by atoms with Crippen LogP contribution in [-0.2, 0) is 19.0 Å². The number of nitrogens with zero attached hydrogens (tertiary/aromatic N) is 3. The Morgan fingerprint density at radius 2 is 1.79 bits per heavy atom. The van der Waals surface area contributed by atoms with Gasteiger partial charge in [-0.2, -0.15) is 0 Å². The highest BCUT2D eigenvalue weighted by molar-refractivity contribution is 5.73. The minimum atomic E-state index is 0.151. The van der Waals surface area contributed by atoms with Gasteiger partial charge < -0.3 is 24.4 Å². The third-order valence-electron chi connectivity index (χ3n) is 4.39. The SMILES string of the molecule is CC(=O)N1CCOCC1.CCCNc1ccccn1.COCCN1CCOCC1. The number of carbonyl (C=O) groups excluding carboxylic acids is 1. The smallest absolute Gasteiger partial charge is 0.219 e. The van der Waals surface area contributed by atoms with Crippen LogP contribution in [0.2, 0.25) is 0 Å². The highest BCUT2D eigenvalue weighted by Crippen LogP contribution is 1.98. The fourth-order valence-electron chi connectivity index (χ4n) is 2.64. The summed E-state index contributed by atoms with van der Waals surface area (Å²) in [6.45, 7) is 13.4. The Morgan fingerprint density at radius 3 is 2.28 bits per heavy atom. The average molecular weight is 411 g/mol. The van der Waals surface area contributed by atoms with Crippen LogP contribution >= 0.6 is 0 Å². The molecule has 0 bridgehead atoms. The number of hydrogen-bond acceptors (Lipinski definition) is 7. The van der Waals surface area contributed by atoms with Gasteiger partial charge in [0.15, 0.2) is 0 Å². The lowest BCUT2D eigenvalue weighted by Crippen LogP contribution is -2.39. The molecular weight excluding hydrogens is 372 g/mol. The zero-order valence-electron chi connectivity index (χ0n) is 18.3. The van der Waals surface area contributed by atoms with Gasteiger partial charge in [-0.1, -0.05) is 13.0 Å². The number of methoxy groups -OCH3 is 1. The molecule has 2 saturated heterocycles. The molecule has 2 fully saturated rings. The van der Waals surface area contributed by atoms with E-state index in [1.807, 2.05) is 18.2 Å². The molecule has 0 unspecified atom stereocenters. The van der Waals surface area contributed by atoms with Crippen LogP contribution in [0.1, 0.15) is 20.3 Å². The standard InChI is InChI=1S/C8H12N2.C7H15NO2.C6H11NO2/c1-2-6-9-8-5-3-4-7-10-8;1-9-5-2-8-3-6-10-7-4-8;1-6(8)7-2-4-9-5-3-7/h3-5,7H,2,6H2,1H3,(H,9,10);2-7H2,1H3;2-5H2,1H3. The van der Waals surface area contributed by atoms with E-state index in [0.717, 1.165) is 71.3 Å². The fourth-order valence-corrected chi connectivity index (χ4v) is 2.64. The second kappa shape index (κ2) is 17.1. The molecular formula is C21H38N4O4. The van der Waals surface area contributed by atoms with Gasteiger partial charge in [-0.3, -0.25) is 9.69 Å². The number of ether oxygens (including phenoxy) is 3. The van der Waals surface area contributed by atoms with E-state index in [4.69, 9.17) is 14.2 Å². The summed E-state index contributed by atoms with van der Waals surface area (Å²) in [7, 11) is 1.74. The van der Waals surface area contributed by atoms with Crippen molar-refractivity contribution in [3.8, 4) is 0 Å². The molecule has 8 heteroatoms. The second-order valence-electron chi connectivity index (χ2n) is 6.71. The van der Waals surface area contributed by atoms with E-state index in [1.165, 1.54) is 0 Å². The van der Waals surface area contributed by atoms with Crippen molar-refractivity contribution in [3.05, 3.63) is 24.4 Å². The first-order valence-corrected chi connectivity index (χ1v) is 10.4. The molecule has 1 amide bonds. The molecule has 1 aromatic heterocycles. The Balaban J connectivity index is 0.000000218. The van der Waals surface area contributed by atoms with Gasteiger partial charge in [0.25, 0.3) is 0 Å². The first-order valence-electron chi connectivity index (χ1n) is 10.4. The maximum Gasteiger partial charge on any atom is 0.219 e. The Bertz CT molecular complexity index is 507. The number of nitrogens with one attached hydrogen (secondary N) is 1. The molecule has 0 radical (unpaired) electrons. The quantitative estimate of drug-likeness (QED) is 0.765. The van der Waals surface area contributed by atoms with Crippen molar-refractivity contribution in [3.63, 3.8) is 0 Å². The molecule has 8 nitrogen and oxygen atoms in total. The number of pyridine rings is 1. The maximum absolute atomic E-state index is 10.7. The fraction of sp³-hybridized carbons (Fsp3) is 0.714. The van der Waals surface area contributed by atoms with Gasteiger partial charge in [-0.25, -0.2) is 4.98 Å². The predicted octanol–water partition coefficient (Wildman–Crippen LogP) is 1.73.